The average Bonchev–Trinajstić information content (AvgIpc) is 3.59. The lowest BCUT2D eigenvalue weighted by atomic mass is 9.63. The van der Waals surface area contributed by atoms with E-state index >= 15 is 0 Å². The van der Waals surface area contributed by atoms with Crippen molar-refractivity contribution < 1.29 is 14.4 Å². The summed E-state index contributed by atoms with van der Waals surface area (Å²) >= 11 is 12.4. The predicted octanol–water partition coefficient (Wildman–Crippen LogP) is 5.27. The molecule has 5 aliphatic rings. The molecule has 1 aliphatic heterocycles. The Morgan fingerprint density at radius 1 is 0.941 bits per heavy atom. The van der Waals surface area contributed by atoms with Gasteiger partial charge in [0.2, 0.25) is 11.8 Å². The fourth-order valence-electron chi connectivity index (χ4n) is 6.26. The van der Waals surface area contributed by atoms with Crippen molar-refractivity contribution in [3.05, 3.63) is 75.3 Å². The van der Waals surface area contributed by atoms with Crippen molar-refractivity contribution in [2.45, 2.75) is 20.3 Å². The minimum atomic E-state index is -0.385. The van der Waals surface area contributed by atoms with E-state index in [0.717, 1.165) is 17.5 Å². The average molecular weight is 495 g/mol. The first kappa shape index (κ1) is 21.9. The van der Waals surface area contributed by atoms with Crippen LogP contribution in [-0.4, -0.2) is 29.3 Å². The summed E-state index contributed by atoms with van der Waals surface area (Å²) in [5.74, 6) is 0.00744. The zero-order valence-corrected chi connectivity index (χ0v) is 20.4. The van der Waals surface area contributed by atoms with E-state index in [1.165, 1.54) is 15.9 Å². The number of halogens is 2. The maximum atomic E-state index is 13.7. The molecule has 0 spiro atoms. The number of hydrogen-bond acceptors (Lipinski definition) is 3. The minimum absolute atomic E-state index is 0.137. The van der Waals surface area contributed by atoms with Gasteiger partial charge in [-0.2, -0.15) is 0 Å². The van der Waals surface area contributed by atoms with Crippen LogP contribution in [-0.2, 0) is 9.59 Å². The molecule has 3 fully saturated rings. The third-order valence-corrected chi connectivity index (χ3v) is 8.79. The van der Waals surface area contributed by atoms with Gasteiger partial charge in [-0.1, -0.05) is 41.4 Å². The second-order valence-corrected chi connectivity index (χ2v) is 10.9. The van der Waals surface area contributed by atoms with Gasteiger partial charge in [0.1, 0.15) is 6.67 Å². The van der Waals surface area contributed by atoms with E-state index in [4.69, 9.17) is 23.2 Å². The molecule has 6 atom stereocenters. The summed E-state index contributed by atoms with van der Waals surface area (Å²) < 4.78 is 0. The molecule has 5 nitrogen and oxygen atoms in total. The molecule has 2 aromatic carbocycles. The Morgan fingerprint density at radius 2 is 1.59 bits per heavy atom. The van der Waals surface area contributed by atoms with Crippen LogP contribution in [0.2, 0.25) is 10.0 Å². The molecule has 2 aromatic rings. The summed E-state index contributed by atoms with van der Waals surface area (Å²) in [5.41, 5.74) is 2.97. The van der Waals surface area contributed by atoms with Crippen molar-refractivity contribution >= 4 is 46.6 Å². The molecule has 174 valence electrons. The monoisotopic (exact) mass is 494 g/mol. The van der Waals surface area contributed by atoms with Gasteiger partial charge in [0.05, 0.1) is 22.4 Å². The van der Waals surface area contributed by atoms with E-state index in [9.17, 15) is 14.4 Å². The molecule has 7 heteroatoms. The first-order chi connectivity index (χ1) is 16.3. The fourth-order valence-corrected chi connectivity index (χ4v) is 6.75. The topological polar surface area (TPSA) is 57.7 Å². The van der Waals surface area contributed by atoms with Gasteiger partial charge in [-0.3, -0.25) is 24.2 Å². The molecule has 7 rings (SSSR count). The van der Waals surface area contributed by atoms with Gasteiger partial charge in [-0.25, -0.2) is 0 Å². The van der Waals surface area contributed by atoms with Crippen molar-refractivity contribution in [2.24, 2.45) is 35.5 Å². The molecular weight excluding hydrogens is 471 g/mol. The summed E-state index contributed by atoms with van der Waals surface area (Å²) in [7, 11) is 0. The van der Waals surface area contributed by atoms with Gasteiger partial charge < -0.3 is 0 Å². The quantitative estimate of drug-likeness (QED) is 0.429. The smallest absolute Gasteiger partial charge is 0.261 e. The highest BCUT2D eigenvalue weighted by Crippen LogP contribution is 2.65. The number of rotatable bonds is 4. The van der Waals surface area contributed by atoms with Crippen LogP contribution < -0.4 is 4.90 Å². The number of carbonyl (C=O) groups is 3. The SMILES string of the molecule is Cc1ccc(N(CN2C(=O)C3C4C=CC(C5CC45)C3C2=O)C(=O)c2ccc(Cl)cc2Cl)cc1C. The molecule has 3 amide bonds. The number of allylic oxidation sites excluding steroid dienone is 2. The van der Waals surface area contributed by atoms with Gasteiger partial charge in [0, 0.05) is 10.7 Å². The van der Waals surface area contributed by atoms with Crippen LogP contribution in [0, 0.1) is 49.4 Å². The zero-order valence-electron chi connectivity index (χ0n) is 18.9. The number of hydrogen-bond donors (Lipinski definition) is 0. The number of aryl methyl sites for hydroxylation is 2. The lowest BCUT2D eigenvalue weighted by molar-refractivity contribution is -0.140. The summed E-state index contributed by atoms with van der Waals surface area (Å²) in [6.45, 7) is 3.82. The maximum absolute atomic E-state index is 13.7. The van der Waals surface area contributed by atoms with E-state index < -0.39 is 0 Å². The lowest BCUT2D eigenvalue weighted by Crippen LogP contribution is -2.45. The number of amides is 3. The first-order valence-electron chi connectivity index (χ1n) is 11.6. The standard InChI is InChI=1S/C27H24Cl2N2O3/c1-13-3-5-16(9-14(13)2)30(25(32)19-6-4-15(28)10-22(19)29)12-31-26(33)23-17-7-8-18(21-11-20(17)21)24(23)27(31)34/h3-10,17-18,20-21,23-24H,11-12H2,1-2H3. The van der Waals surface area contributed by atoms with Crippen molar-refractivity contribution in [3.8, 4) is 0 Å². The molecule has 0 aromatic heterocycles. The van der Waals surface area contributed by atoms with Crippen LogP contribution >= 0.6 is 23.2 Å². The normalized spacial score (nSPS) is 30.4. The number of anilines is 1. The minimum Gasteiger partial charge on any atom is -0.289 e. The van der Waals surface area contributed by atoms with Crippen LogP contribution in [0.15, 0.2) is 48.6 Å². The van der Waals surface area contributed by atoms with Gasteiger partial charge in [-0.05, 0) is 85.4 Å². The fraction of sp³-hybridized carbons (Fsp3) is 0.370. The molecule has 0 radical (unpaired) electrons. The lowest BCUT2D eigenvalue weighted by Gasteiger charge is -2.37. The predicted molar refractivity (Wildman–Crippen MR) is 131 cm³/mol. The second kappa shape index (κ2) is 7.69. The molecule has 2 saturated carbocycles. The molecule has 1 saturated heterocycles. The van der Waals surface area contributed by atoms with E-state index in [2.05, 4.69) is 12.2 Å². The highest BCUT2D eigenvalue weighted by molar-refractivity contribution is 6.37. The summed E-state index contributed by atoms with van der Waals surface area (Å²) in [6, 6.07) is 10.4. The van der Waals surface area contributed by atoms with Crippen molar-refractivity contribution in [3.63, 3.8) is 0 Å². The molecule has 6 unspecified atom stereocenters. The van der Waals surface area contributed by atoms with Crippen LogP contribution in [0.3, 0.4) is 0 Å². The van der Waals surface area contributed by atoms with Crippen LogP contribution in [0.1, 0.15) is 27.9 Å². The van der Waals surface area contributed by atoms with Crippen LogP contribution in [0.5, 0.6) is 0 Å². The van der Waals surface area contributed by atoms with Crippen molar-refractivity contribution in [2.75, 3.05) is 11.6 Å². The van der Waals surface area contributed by atoms with Gasteiger partial charge in [-0.15, -0.1) is 0 Å². The van der Waals surface area contributed by atoms with Gasteiger partial charge >= 0.3 is 0 Å². The Balaban J connectivity index is 1.37. The van der Waals surface area contributed by atoms with Gasteiger partial charge in [0.15, 0.2) is 0 Å². The van der Waals surface area contributed by atoms with Crippen LogP contribution in [0.4, 0.5) is 5.69 Å². The van der Waals surface area contributed by atoms with Crippen molar-refractivity contribution in [1.29, 1.82) is 0 Å². The molecule has 34 heavy (non-hydrogen) atoms. The third-order valence-electron chi connectivity index (χ3n) is 8.25. The number of imide groups is 1. The van der Waals surface area contributed by atoms with Gasteiger partial charge in [0.25, 0.3) is 5.91 Å². The van der Waals surface area contributed by atoms with E-state index in [1.807, 2.05) is 32.0 Å². The highest BCUT2D eigenvalue weighted by Gasteiger charge is 2.67. The first-order valence-corrected chi connectivity index (χ1v) is 12.4. The van der Waals surface area contributed by atoms with E-state index in [1.54, 1.807) is 12.1 Å². The largest absolute Gasteiger partial charge is 0.289 e. The summed E-state index contributed by atoms with van der Waals surface area (Å²) in [6.07, 6.45) is 5.40. The highest BCUT2D eigenvalue weighted by atomic mass is 35.5. The number of nitrogens with zero attached hydrogens (tertiary/aromatic N) is 2. The molecular formula is C27H24Cl2N2O3. The molecule has 1 heterocycles. The Morgan fingerprint density at radius 3 is 2.18 bits per heavy atom. The Kier molecular flexibility index (Phi) is 4.95. The molecule has 4 aliphatic carbocycles. The van der Waals surface area contributed by atoms with E-state index in [-0.39, 0.29) is 58.6 Å². The zero-order chi connectivity index (χ0) is 23.9. The maximum Gasteiger partial charge on any atom is 0.261 e. The Bertz CT molecular complexity index is 1250. The second-order valence-electron chi connectivity index (χ2n) is 10.0. The Hall–Kier alpha value is -2.63. The van der Waals surface area contributed by atoms with Crippen LogP contribution in [0.25, 0.3) is 0 Å². The van der Waals surface area contributed by atoms with Crippen molar-refractivity contribution in [1.82, 2.24) is 4.90 Å². The molecule has 2 bridgehead atoms. The number of benzene rings is 2. The summed E-state index contributed by atoms with van der Waals surface area (Å²) in [4.78, 5) is 43.6. The number of carbonyl (C=O) groups excluding carboxylic acids is 3. The van der Waals surface area contributed by atoms with E-state index in [0.29, 0.717) is 22.5 Å². The number of likely N-dealkylation sites (tertiary alicyclic amines) is 1. The summed E-state index contributed by atoms with van der Waals surface area (Å²) in [5, 5.41) is 0.649. The third kappa shape index (κ3) is 3.17. The Labute approximate surface area is 208 Å². The molecule has 0 N–H and O–H groups in total.